The third kappa shape index (κ3) is 4.04. The predicted molar refractivity (Wildman–Crippen MR) is 74.4 cm³/mol. The molecule has 0 heterocycles. The van der Waals surface area contributed by atoms with Crippen LogP contribution in [0.4, 0.5) is 0 Å². The van der Waals surface area contributed by atoms with Crippen LogP contribution in [0, 0.1) is 13.8 Å². The smallest absolute Gasteiger partial charge is 0.241 e. The van der Waals surface area contributed by atoms with Gasteiger partial charge in [0.1, 0.15) is 0 Å². The lowest BCUT2D eigenvalue weighted by atomic mass is 10.2. The highest BCUT2D eigenvalue weighted by Crippen LogP contribution is 2.16. The Kier molecular flexibility index (Phi) is 5.08. The predicted octanol–water partition coefficient (Wildman–Crippen LogP) is 1.11. The highest BCUT2D eigenvalue weighted by molar-refractivity contribution is 7.89. The van der Waals surface area contributed by atoms with E-state index in [2.05, 4.69) is 10.0 Å². The third-order valence-electron chi connectivity index (χ3n) is 2.71. The molecule has 2 N–H and O–H groups in total. The first kappa shape index (κ1) is 15.7. The zero-order valence-electron chi connectivity index (χ0n) is 11.6. The van der Waals surface area contributed by atoms with Crippen LogP contribution in [0.25, 0.3) is 0 Å². The van der Waals surface area contributed by atoms with Crippen molar-refractivity contribution in [1.82, 2.24) is 10.0 Å². The fraction of sp³-hybridized carbons (Fsp3) is 0.462. The molecule has 1 rings (SSSR count). The Morgan fingerprint density at radius 3 is 2.53 bits per heavy atom. The quantitative estimate of drug-likeness (QED) is 0.850. The van der Waals surface area contributed by atoms with Crippen LogP contribution in [0.2, 0.25) is 0 Å². The minimum Gasteiger partial charge on any atom is -0.355 e. The number of nitrogens with one attached hydrogen (secondary N) is 2. The summed E-state index contributed by atoms with van der Waals surface area (Å²) in [5.41, 5.74) is 1.51. The molecule has 1 aromatic carbocycles. The molecule has 1 amide bonds. The standard InChI is InChI=1S/C13H20N2O3S/c1-5-14-13(16)11(4)15-19(17,18)12-8-9(2)6-7-10(12)3/h6-8,11,15H,5H2,1-4H3,(H,14,16)/t11-/m1/s1. The Morgan fingerprint density at radius 1 is 1.32 bits per heavy atom. The molecule has 0 aromatic heterocycles. The van der Waals surface area contributed by atoms with Crippen LogP contribution in [-0.4, -0.2) is 26.9 Å². The van der Waals surface area contributed by atoms with Gasteiger partial charge >= 0.3 is 0 Å². The molecule has 1 atom stereocenters. The van der Waals surface area contributed by atoms with Crippen LogP contribution >= 0.6 is 0 Å². The largest absolute Gasteiger partial charge is 0.355 e. The van der Waals surface area contributed by atoms with Crippen LogP contribution < -0.4 is 10.0 Å². The van der Waals surface area contributed by atoms with E-state index < -0.39 is 16.1 Å². The number of amides is 1. The summed E-state index contributed by atoms with van der Waals surface area (Å²) in [6, 6.07) is 4.40. The molecule has 0 aliphatic heterocycles. The van der Waals surface area contributed by atoms with Gasteiger partial charge in [-0.05, 0) is 44.9 Å². The molecule has 6 heteroatoms. The first-order chi connectivity index (χ1) is 8.77. The van der Waals surface area contributed by atoms with Crippen LogP contribution in [0.15, 0.2) is 23.1 Å². The summed E-state index contributed by atoms with van der Waals surface area (Å²) in [5, 5.41) is 2.58. The van der Waals surface area contributed by atoms with Gasteiger partial charge in [-0.15, -0.1) is 0 Å². The average Bonchev–Trinajstić information content (AvgIpc) is 2.31. The average molecular weight is 284 g/mol. The van der Waals surface area contributed by atoms with Crippen molar-refractivity contribution in [3.8, 4) is 0 Å². The second-order valence-electron chi connectivity index (χ2n) is 4.51. The summed E-state index contributed by atoms with van der Waals surface area (Å²) in [7, 11) is -3.69. The van der Waals surface area contributed by atoms with Gasteiger partial charge in [-0.2, -0.15) is 4.72 Å². The first-order valence-electron chi connectivity index (χ1n) is 6.15. The maximum Gasteiger partial charge on any atom is 0.241 e. The molecule has 19 heavy (non-hydrogen) atoms. The van der Waals surface area contributed by atoms with E-state index >= 15 is 0 Å². The lowest BCUT2D eigenvalue weighted by molar-refractivity contribution is -0.122. The number of sulfonamides is 1. The van der Waals surface area contributed by atoms with E-state index in [-0.39, 0.29) is 10.8 Å². The molecule has 0 saturated carbocycles. The van der Waals surface area contributed by atoms with Crippen molar-refractivity contribution in [2.45, 2.75) is 38.6 Å². The summed E-state index contributed by atoms with van der Waals surface area (Å²) >= 11 is 0. The van der Waals surface area contributed by atoms with E-state index in [1.165, 1.54) is 6.92 Å². The van der Waals surface area contributed by atoms with Gasteiger partial charge in [-0.25, -0.2) is 8.42 Å². The van der Waals surface area contributed by atoms with Crippen molar-refractivity contribution >= 4 is 15.9 Å². The molecule has 0 bridgehead atoms. The van der Waals surface area contributed by atoms with E-state index in [1.54, 1.807) is 26.0 Å². The second-order valence-corrected chi connectivity index (χ2v) is 6.19. The molecule has 0 saturated heterocycles. The number of carbonyl (C=O) groups is 1. The number of carbonyl (C=O) groups excluding carboxylic acids is 1. The normalized spacial score (nSPS) is 13.1. The number of aryl methyl sites for hydroxylation is 2. The monoisotopic (exact) mass is 284 g/mol. The van der Waals surface area contributed by atoms with E-state index in [0.29, 0.717) is 12.1 Å². The van der Waals surface area contributed by atoms with Crippen LogP contribution in [0.5, 0.6) is 0 Å². The van der Waals surface area contributed by atoms with Gasteiger partial charge < -0.3 is 5.32 Å². The summed E-state index contributed by atoms with van der Waals surface area (Å²) in [4.78, 5) is 11.8. The van der Waals surface area contributed by atoms with Gasteiger partial charge in [0.15, 0.2) is 0 Å². The van der Waals surface area contributed by atoms with Crippen molar-refractivity contribution in [3.05, 3.63) is 29.3 Å². The van der Waals surface area contributed by atoms with Crippen molar-refractivity contribution in [2.24, 2.45) is 0 Å². The fourth-order valence-corrected chi connectivity index (χ4v) is 3.21. The lowest BCUT2D eigenvalue weighted by Crippen LogP contribution is -2.44. The number of hydrogen-bond donors (Lipinski definition) is 2. The van der Waals surface area contributed by atoms with E-state index in [9.17, 15) is 13.2 Å². The van der Waals surface area contributed by atoms with Gasteiger partial charge in [0.05, 0.1) is 10.9 Å². The van der Waals surface area contributed by atoms with Gasteiger partial charge in [-0.1, -0.05) is 12.1 Å². The van der Waals surface area contributed by atoms with E-state index in [4.69, 9.17) is 0 Å². The number of benzene rings is 1. The molecule has 0 fully saturated rings. The molecule has 1 aromatic rings. The van der Waals surface area contributed by atoms with E-state index in [0.717, 1.165) is 5.56 Å². The summed E-state index contributed by atoms with van der Waals surface area (Å²) in [6.45, 7) is 7.32. The molecule has 0 spiro atoms. The Labute approximate surface area is 114 Å². The number of hydrogen-bond acceptors (Lipinski definition) is 3. The molecular weight excluding hydrogens is 264 g/mol. The van der Waals surface area contributed by atoms with Crippen molar-refractivity contribution in [1.29, 1.82) is 0 Å². The Bertz CT molecular complexity index is 567. The molecule has 0 aliphatic carbocycles. The van der Waals surface area contributed by atoms with Crippen molar-refractivity contribution in [2.75, 3.05) is 6.54 Å². The highest BCUT2D eigenvalue weighted by Gasteiger charge is 2.23. The Balaban J connectivity index is 2.99. The first-order valence-corrected chi connectivity index (χ1v) is 7.63. The number of likely N-dealkylation sites (N-methyl/N-ethyl adjacent to an activating group) is 1. The summed E-state index contributed by atoms with van der Waals surface area (Å²) in [5.74, 6) is -0.337. The fourth-order valence-electron chi connectivity index (χ4n) is 1.67. The minimum atomic E-state index is -3.69. The van der Waals surface area contributed by atoms with Crippen molar-refractivity contribution in [3.63, 3.8) is 0 Å². The second kappa shape index (κ2) is 6.16. The maximum absolute atomic E-state index is 12.2. The lowest BCUT2D eigenvalue weighted by Gasteiger charge is -2.15. The minimum absolute atomic E-state index is 0.212. The van der Waals surface area contributed by atoms with E-state index in [1.807, 2.05) is 13.0 Å². The summed E-state index contributed by atoms with van der Waals surface area (Å²) < 4.78 is 26.9. The maximum atomic E-state index is 12.2. The van der Waals surface area contributed by atoms with Gasteiger partial charge in [0, 0.05) is 6.54 Å². The molecule has 5 nitrogen and oxygen atoms in total. The topological polar surface area (TPSA) is 75.3 Å². The molecule has 0 unspecified atom stereocenters. The van der Waals surface area contributed by atoms with Gasteiger partial charge in [0.2, 0.25) is 15.9 Å². The zero-order valence-corrected chi connectivity index (χ0v) is 12.5. The highest BCUT2D eigenvalue weighted by atomic mass is 32.2. The van der Waals surface area contributed by atoms with Gasteiger partial charge in [-0.3, -0.25) is 4.79 Å². The van der Waals surface area contributed by atoms with Crippen LogP contribution in [0.1, 0.15) is 25.0 Å². The van der Waals surface area contributed by atoms with Gasteiger partial charge in [0.25, 0.3) is 0 Å². The summed E-state index contributed by atoms with van der Waals surface area (Å²) in [6.07, 6.45) is 0. The molecule has 106 valence electrons. The Morgan fingerprint density at radius 2 is 1.95 bits per heavy atom. The number of rotatable bonds is 5. The Hall–Kier alpha value is -1.40. The van der Waals surface area contributed by atoms with Crippen molar-refractivity contribution < 1.29 is 13.2 Å². The molecule has 0 radical (unpaired) electrons. The SMILES string of the molecule is CCNC(=O)[C@@H](C)NS(=O)(=O)c1cc(C)ccc1C. The van der Waals surface area contributed by atoms with Crippen LogP contribution in [-0.2, 0) is 14.8 Å². The third-order valence-corrected chi connectivity index (χ3v) is 4.39. The molecule has 0 aliphatic rings. The van der Waals surface area contributed by atoms with Crippen LogP contribution in [0.3, 0.4) is 0 Å². The molecular formula is C13H20N2O3S. The zero-order chi connectivity index (χ0) is 14.6.